The summed E-state index contributed by atoms with van der Waals surface area (Å²) in [7, 11) is 3.08. The van der Waals surface area contributed by atoms with E-state index in [1.165, 1.54) is 11.8 Å². The Morgan fingerprint density at radius 3 is 2.45 bits per heavy atom. The van der Waals surface area contributed by atoms with Gasteiger partial charge in [0, 0.05) is 11.1 Å². The summed E-state index contributed by atoms with van der Waals surface area (Å²) in [5.41, 5.74) is 4.83. The Hall–Kier alpha value is -4.13. The highest BCUT2D eigenvalue weighted by molar-refractivity contribution is 6.00. The molecule has 7 nitrogen and oxygen atoms in total. The average Bonchev–Trinajstić information content (AvgIpc) is 2.80. The smallest absolute Gasteiger partial charge is 0.280 e. The normalized spacial score (nSPS) is 10.7. The molecule has 4 rings (SSSR count). The molecule has 0 fully saturated rings. The summed E-state index contributed by atoms with van der Waals surface area (Å²) in [5, 5.41) is 0.399. The van der Waals surface area contributed by atoms with Crippen LogP contribution in [0.2, 0.25) is 0 Å². The summed E-state index contributed by atoms with van der Waals surface area (Å²) < 4.78 is 11.9. The van der Waals surface area contributed by atoms with Crippen molar-refractivity contribution in [2.24, 2.45) is 0 Å². The predicted octanol–water partition coefficient (Wildman–Crippen LogP) is 3.77. The fraction of sp³-hybridized carbons (Fsp3) is 0.125. The van der Waals surface area contributed by atoms with Crippen LogP contribution in [0.4, 0.5) is 0 Å². The van der Waals surface area contributed by atoms with Gasteiger partial charge in [0.25, 0.3) is 11.5 Å². The zero-order valence-corrected chi connectivity index (χ0v) is 17.4. The number of fused-ring (bicyclic) bond motifs is 1. The minimum Gasteiger partial charge on any atom is -0.493 e. The molecule has 0 aliphatic rings. The number of aryl methyl sites for hydroxylation is 1. The second-order valence-electron chi connectivity index (χ2n) is 6.97. The lowest BCUT2D eigenvalue weighted by Gasteiger charge is -2.16. The van der Waals surface area contributed by atoms with Crippen LogP contribution in [-0.4, -0.2) is 29.8 Å². The first-order chi connectivity index (χ1) is 15.0. The van der Waals surface area contributed by atoms with Gasteiger partial charge in [-0.05, 0) is 49.4 Å². The van der Waals surface area contributed by atoms with Gasteiger partial charge in [-0.25, -0.2) is 4.98 Å². The van der Waals surface area contributed by atoms with Crippen molar-refractivity contribution in [1.82, 2.24) is 9.66 Å². The minimum atomic E-state index is -0.412. The fourth-order valence-electron chi connectivity index (χ4n) is 3.36. The molecule has 0 aliphatic carbocycles. The van der Waals surface area contributed by atoms with E-state index < -0.39 is 5.91 Å². The molecule has 0 aliphatic heterocycles. The zero-order valence-electron chi connectivity index (χ0n) is 17.4. The Balaban J connectivity index is 1.90. The van der Waals surface area contributed by atoms with E-state index in [0.29, 0.717) is 33.5 Å². The number of methoxy groups -OCH3 is 2. The fourth-order valence-corrected chi connectivity index (χ4v) is 3.36. The molecule has 0 radical (unpaired) electrons. The van der Waals surface area contributed by atoms with E-state index in [2.05, 4.69) is 10.4 Å². The maximum atomic E-state index is 13.3. The summed E-state index contributed by atoms with van der Waals surface area (Å²) in [6.07, 6.45) is 0. The molecule has 0 spiro atoms. The van der Waals surface area contributed by atoms with E-state index in [0.717, 1.165) is 5.56 Å². The SMILES string of the molecule is COc1ccc(-c2nc3ccccc3c(=O)n2NC(=O)c2cccc(C)c2)cc1OC. The molecule has 1 heterocycles. The molecule has 0 bridgehead atoms. The zero-order chi connectivity index (χ0) is 22.0. The van der Waals surface area contributed by atoms with Gasteiger partial charge < -0.3 is 9.47 Å². The van der Waals surface area contributed by atoms with Crippen molar-refractivity contribution < 1.29 is 14.3 Å². The highest BCUT2D eigenvalue weighted by Crippen LogP contribution is 2.31. The van der Waals surface area contributed by atoms with E-state index in [1.807, 2.05) is 19.1 Å². The van der Waals surface area contributed by atoms with Crippen LogP contribution < -0.4 is 20.5 Å². The molecule has 0 atom stereocenters. The van der Waals surface area contributed by atoms with Gasteiger partial charge in [0.1, 0.15) is 0 Å². The van der Waals surface area contributed by atoms with Crippen LogP contribution in [0.5, 0.6) is 11.5 Å². The molecule has 156 valence electrons. The Labute approximate surface area is 178 Å². The van der Waals surface area contributed by atoms with Gasteiger partial charge in [-0.3, -0.25) is 15.0 Å². The quantitative estimate of drug-likeness (QED) is 0.537. The van der Waals surface area contributed by atoms with Gasteiger partial charge in [0.2, 0.25) is 0 Å². The molecule has 1 amide bonds. The highest BCUT2D eigenvalue weighted by Gasteiger charge is 2.17. The lowest BCUT2D eigenvalue weighted by molar-refractivity contribution is 0.101. The summed E-state index contributed by atoms with van der Waals surface area (Å²) in [6.45, 7) is 1.90. The standard InChI is InChI=1S/C24H21N3O4/c1-15-7-6-8-17(13-15)23(28)26-27-22(16-11-12-20(30-2)21(14-16)31-3)25-19-10-5-4-9-18(19)24(27)29/h4-14H,1-3H3,(H,26,28). The minimum absolute atomic E-state index is 0.283. The lowest BCUT2D eigenvalue weighted by Crippen LogP contribution is -2.35. The number of benzene rings is 3. The average molecular weight is 415 g/mol. The molecule has 1 N–H and O–H groups in total. The van der Waals surface area contributed by atoms with Crippen LogP contribution in [-0.2, 0) is 0 Å². The number of aromatic nitrogens is 2. The molecular weight excluding hydrogens is 394 g/mol. The molecule has 3 aromatic carbocycles. The first-order valence-electron chi connectivity index (χ1n) is 9.64. The molecule has 31 heavy (non-hydrogen) atoms. The van der Waals surface area contributed by atoms with Crippen molar-refractivity contribution in [1.29, 1.82) is 0 Å². The second-order valence-corrected chi connectivity index (χ2v) is 6.97. The van der Waals surface area contributed by atoms with Crippen LogP contribution in [0.3, 0.4) is 0 Å². The van der Waals surface area contributed by atoms with Crippen LogP contribution in [0, 0.1) is 6.92 Å². The molecular formula is C24H21N3O4. The number of carbonyl (C=O) groups excluding carboxylic acids is 1. The number of ether oxygens (including phenoxy) is 2. The number of nitrogens with one attached hydrogen (secondary N) is 1. The van der Waals surface area contributed by atoms with Gasteiger partial charge in [0.05, 0.1) is 25.1 Å². The predicted molar refractivity (Wildman–Crippen MR) is 119 cm³/mol. The third kappa shape index (κ3) is 3.85. The van der Waals surface area contributed by atoms with Gasteiger partial charge in [0.15, 0.2) is 17.3 Å². The Morgan fingerprint density at radius 2 is 1.71 bits per heavy atom. The summed E-state index contributed by atoms with van der Waals surface area (Å²) in [5.74, 6) is 0.902. The van der Waals surface area contributed by atoms with Crippen molar-refractivity contribution in [3.8, 4) is 22.9 Å². The number of hydrogen-bond acceptors (Lipinski definition) is 5. The molecule has 1 aromatic heterocycles. The van der Waals surface area contributed by atoms with Crippen molar-refractivity contribution >= 4 is 16.8 Å². The summed E-state index contributed by atoms with van der Waals surface area (Å²) in [4.78, 5) is 30.9. The van der Waals surface area contributed by atoms with Crippen molar-refractivity contribution in [3.05, 3.63) is 88.2 Å². The maximum Gasteiger partial charge on any atom is 0.280 e. The van der Waals surface area contributed by atoms with Gasteiger partial charge in [-0.15, -0.1) is 0 Å². The Kier molecular flexibility index (Phi) is 5.41. The molecule has 0 saturated heterocycles. The number of para-hydroxylation sites is 1. The van der Waals surface area contributed by atoms with Crippen LogP contribution in [0.1, 0.15) is 15.9 Å². The number of hydrogen-bond donors (Lipinski definition) is 1. The van der Waals surface area contributed by atoms with Crippen LogP contribution in [0.15, 0.2) is 71.5 Å². The molecule has 0 unspecified atom stereocenters. The lowest BCUT2D eigenvalue weighted by atomic mass is 10.1. The van der Waals surface area contributed by atoms with E-state index >= 15 is 0 Å². The number of amides is 1. The summed E-state index contributed by atoms with van der Waals surface area (Å²) in [6, 6.07) is 19.3. The largest absolute Gasteiger partial charge is 0.493 e. The van der Waals surface area contributed by atoms with Crippen LogP contribution >= 0.6 is 0 Å². The van der Waals surface area contributed by atoms with Gasteiger partial charge >= 0.3 is 0 Å². The third-order valence-corrected chi connectivity index (χ3v) is 4.91. The van der Waals surface area contributed by atoms with Crippen molar-refractivity contribution in [3.63, 3.8) is 0 Å². The first kappa shape index (κ1) is 20.2. The topological polar surface area (TPSA) is 82.5 Å². The van der Waals surface area contributed by atoms with E-state index in [4.69, 9.17) is 9.47 Å². The molecule has 7 heteroatoms. The maximum absolute atomic E-state index is 13.3. The van der Waals surface area contributed by atoms with Gasteiger partial charge in [-0.1, -0.05) is 29.8 Å². The summed E-state index contributed by atoms with van der Waals surface area (Å²) >= 11 is 0. The first-order valence-corrected chi connectivity index (χ1v) is 9.64. The van der Waals surface area contributed by atoms with E-state index in [1.54, 1.807) is 61.7 Å². The monoisotopic (exact) mass is 415 g/mol. The third-order valence-electron chi connectivity index (χ3n) is 4.91. The van der Waals surface area contributed by atoms with Crippen molar-refractivity contribution in [2.75, 3.05) is 19.6 Å². The number of carbonyl (C=O) groups is 1. The second kappa shape index (κ2) is 8.31. The number of rotatable bonds is 5. The Morgan fingerprint density at radius 1 is 0.935 bits per heavy atom. The van der Waals surface area contributed by atoms with Gasteiger partial charge in [-0.2, -0.15) is 4.68 Å². The van der Waals surface area contributed by atoms with Crippen molar-refractivity contribution in [2.45, 2.75) is 6.92 Å². The van der Waals surface area contributed by atoms with Crippen LogP contribution in [0.25, 0.3) is 22.3 Å². The van der Waals surface area contributed by atoms with E-state index in [9.17, 15) is 9.59 Å². The highest BCUT2D eigenvalue weighted by atomic mass is 16.5. The Bertz CT molecular complexity index is 1340. The van der Waals surface area contributed by atoms with E-state index in [-0.39, 0.29) is 11.4 Å². The molecule has 4 aromatic rings. The number of nitrogens with zero attached hydrogens (tertiary/aromatic N) is 2. The molecule has 0 saturated carbocycles.